The zero-order valence-electron chi connectivity index (χ0n) is 8.45. The Hall–Kier alpha value is -0.350. The number of aryl methyl sites for hydroxylation is 2. The molecule has 0 bridgehead atoms. The van der Waals surface area contributed by atoms with Gasteiger partial charge in [0.2, 0.25) is 0 Å². The fourth-order valence-corrected chi connectivity index (χ4v) is 3.54. The number of aliphatic hydroxyl groups is 1. The molecule has 1 atom stereocenters. The summed E-state index contributed by atoms with van der Waals surface area (Å²) < 4.78 is 0.761. The van der Waals surface area contributed by atoms with Crippen LogP contribution in [0.5, 0.6) is 0 Å². The molecule has 2 aromatic rings. The van der Waals surface area contributed by atoms with E-state index in [0.717, 1.165) is 19.7 Å². The minimum atomic E-state index is -0.528. The first-order valence-electron chi connectivity index (χ1n) is 4.58. The van der Waals surface area contributed by atoms with Crippen molar-refractivity contribution in [3.8, 4) is 0 Å². The Bertz CT molecular complexity index is 453. The van der Waals surface area contributed by atoms with E-state index in [-0.39, 0.29) is 0 Å². The quantitative estimate of drug-likeness (QED) is 0.858. The lowest BCUT2D eigenvalue weighted by Gasteiger charge is -2.04. The van der Waals surface area contributed by atoms with Gasteiger partial charge in [0.25, 0.3) is 0 Å². The number of aliphatic hydroxyl groups excluding tert-OH is 1. The Kier molecular flexibility index (Phi) is 3.16. The fraction of sp³-hybridized carbons (Fsp3) is 0.273. The van der Waals surface area contributed by atoms with Crippen LogP contribution in [0.25, 0.3) is 0 Å². The van der Waals surface area contributed by atoms with Gasteiger partial charge in [-0.1, -0.05) is 11.6 Å². The van der Waals surface area contributed by atoms with Crippen LogP contribution in [0.1, 0.15) is 26.3 Å². The van der Waals surface area contributed by atoms with Gasteiger partial charge in [-0.25, -0.2) is 0 Å². The number of hydrogen-bond acceptors (Lipinski definition) is 3. The van der Waals surface area contributed by atoms with Crippen LogP contribution in [0.3, 0.4) is 0 Å². The van der Waals surface area contributed by atoms with Gasteiger partial charge in [0.15, 0.2) is 0 Å². The number of hydrogen-bond donors (Lipinski definition) is 1. The van der Waals surface area contributed by atoms with E-state index in [0.29, 0.717) is 0 Å². The highest BCUT2D eigenvalue weighted by Crippen LogP contribution is 2.36. The van der Waals surface area contributed by atoms with Gasteiger partial charge in [-0.15, -0.1) is 22.7 Å². The highest BCUT2D eigenvalue weighted by molar-refractivity contribution is 7.17. The molecule has 0 radical (unpaired) electrons. The van der Waals surface area contributed by atoms with Crippen molar-refractivity contribution >= 4 is 34.3 Å². The predicted molar refractivity (Wildman–Crippen MR) is 67.2 cm³/mol. The summed E-state index contributed by atoms with van der Waals surface area (Å²) in [5.74, 6) is 0. The first kappa shape index (κ1) is 11.1. The molecule has 0 aliphatic carbocycles. The largest absolute Gasteiger partial charge is 0.382 e. The van der Waals surface area contributed by atoms with Crippen LogP contribution in [0, 0.1) is 13.8 Å². The molecule has 1 unspecified atom stereocenters. The molecular weight excluding hydrogens is 248 g/mol. The number of rotatable bonds is 2. The number of thiophene rings is 2. The molecule has 0 aromatic carbocycles. The van der Waals surface area contributed by atoms with Crippen molar-refractivity contribution in [3.63, 3.8) is 0 Å². The fourth-order valence-electron chi connectivity index (χ4n) is 1.36. The Morgan fingerprint density at radius 3 is 2.40 bits per heavy atom. The van der Waals surface area contributed by atoms with Crippen molar-refractivity contribution in [2.24, 2.45) is 0 Å². The predicted octanol–water partition coefficient (Wildman–Crippen LogP) is 4.16. The maximum absolute atomic E-state index is 10.1. The molecule has 2 heterocycles. The summed E-state index contributed by atoms with van der Waals surface area (Å²) in [6.07, 6.45) is -0.528. The lowest BCUT2D eigenvalue weighted by Crippen LogP contribution is -1.92. The van der Waals surface area contributed by atoms with Crippen LogP contribution in [0.15, 0.2) is 18.2 Å². The van der Waals surface area contributed by atoms with Gasteiger partial charge in [-0.2, -0.15) is 0 Å². The molecule has 1 N–H and O–H groups in total. The van der Waals surface area contributed by atoms with Crippen LogP contribution in [-0.4, -0.2) is 5.11 Å². The molecule has 80 valence electrons. The SMILES string of the molecule is Cc1ccc(C(O)c2cc(C)c(Cl)s2)s1. The van der Waals surface area contributed by atoms with E-state index in [1.807, 2.05) is 32.0 Å². The van der Waals surface area contributed by atoms with E-state index in [2.05, 4.69) is 0 Å². The molecule has 0 aliphatic rings. The van der Waals surface area contributed by atoms with Gasteiger partial charge >= 0.3 is 0 Å². The van der Waals surface area contributed by atoms with Crippen molar-refractivity contribution in [3.05, 3.63) is 42.7 Å². The van der Waals surface area contributed by atoms with E-state index in [1.54, 1.807) is 11.3 Å². The van der Waals surface area contributed by atoms with E-state index < -0.39 is 6.10 Å². The Morgan fingerprint density at radius 1 is 1.20 bits per heavy atom. The molecule has 0 spiro atoms. The maximum atomic E-state index is 10.1. The monoisotopic (exact) mass is 258 g/mol. The molecule has 1 nitrogen and oxygen atoms in total. The third kappa shape index (κ3) is 2.26. The average Bonchev–Trinajstić information content (AvgIpc) is 2.74. The van der Waals surface area contributed by atoms with Crippen molar-refractivity contribution in [2.75, 3.05) is 0 Å². The highest BCUT2D eigenvalue weighted by Gasteiger charge is 2.15. The van der Waals surface area contributed by atoms with Gasteiger partial charge in [0.1, 0.15) is 6.10 Å². The summed E-state index contributed by atoms with van der Waals surface area (Å²) in [5.41, 5.74) is 1.03. The van der Waals surface area contributed by atoms with Crippen molar-refractivity contribution in [2.45, 2.75) is 20.0 Å². The van der Waals surface area contributed by atoms with E-state index in [1.165, 1.54) is 16.2 Å². The molecule has 2 aromatic heterocycles. The van der Waals surface area contributed by atoms with Crippen LogP contribution >= 0.6 is 34.3 Å². The molecule has 0 fully saturated rings. The molecule has 4 heteroatoms. The molecule has 0 saturated carbocycles. The Balaban J connectivity index is 2.31. The van der Waals surface area contributed by atoms with E-state index in [4.69, 9.17) is 11.6 Å². The van der Waals surface area contributed by atoms with Crippen molar-refractivity contribution in [1.29, 1.82) is 0 Å². The Morgan fingerprint density at radius 2 is 1.93 bits per heavy atom. The van der Waals surface area contributed by atoms with Crippen molar-refractivity contribution < 1.29 is 5.11 Å². The van der Waals surface area contributed by atoms with E-state index >= 15 is 0 Å². The van der Waals surface area contributed by atoms with Crippen LogP contribution in [0.2, 0.25) is 4.34 Å². The normalized spacial score (nSPS) is 13.1. The standard InChI is InChI=1S/C11H11ClOS2/c1-6-5-9(15-11(6)12)10(13)8-4-3-7(2)14-8/h3-5,10,13H,1-2H3. The van der Waals surface area contributed by atoms with Gasteiger partial charge in [-0.05, 0) is 37.6 Å². The zero-order chi connectivity index (χ0) is 11.0. The second kappa shape index (κ2) is 4.26. The van der Waals surface area contributed by atoms with E-state index in [9.17, 15) is 5.11 Å². The third-order valence-electron chi connectivity index (χ3n) is 2.18. The highest BCUT2D eigenvalue weighted by atomic mass is 35.5. The summed E-state index contributed by atoms with van der Waals surface area (Å²) in [5, 5.41) is 10.1. The lowest BCUT2D eigenvalue weighted by atomic mass is 10.2. The second-order valence-electron chi connectivity index (χ2n) is 3.46. The van der Waals surface area contributed by atoms with Crippen molar-refractivity contribution in [1.82, 2.24) is 0 Å². The number of halogens is 1. The van der Waals surface area contributed by atoms with Gasteiger partial charge in [0, 0.05) is 14.6 Å². The Labute approximate surface area is 102 Å². The maximum Gasteiger partial charge on any atom is 0.122 e. The third-order valence-corrected chi connectivity index (χ3v) is 4.84. The summed E-state index contributed by atoms with van der Waals surface area (Å²) in [6, 6.07) is 5.94. The molecule has 0 aliphatic heterocycles. The molecule has 0 saturated heterocycles. The summed E-state index contributed by atoms with van der Waals surface area (Å²) in [6.45, 7) is 3.99. The topological polar surface area (TPSA) is 20.2 Å². The van der Waals surface area contributed by atoms with Crippen LogP contribution in [0.4, 0.5) is 0 Å². The summed E-state index contributed by atoms with van der Waals surface area (Å²) in [4.78, 5) is 3.10. The minimum Gasteiger partial charge on any atom is -0.382 e. The summed E-state index contributed by atoms with van der Waals surface area (Å²) in [7, 11) is 0. The van der Waals surface area contributed by atoms with Crippen LogP contribution < -0.4 is 0 Å². The molecule has 2 rings (SSSR count). The second-order valence-corrected chi connectivity index (χ2v) is 6.46. The smallest absolute Gasteiger partial charge is 0.122 e. The minimum absolute atomic E-state index is 0.528. The molecular formula is C11H11ClOS2. The van der Waals surface area contributed by atoms with Crippen LogP contribution in [-0.2, 0) is 0 Å². The lowest BCUT2D eigenvalue weighted by molar-refractivity contribution is 0.228. The average molecular weight is 259 g/mol. The van der Waals surface area contributed by atoms with Gasteiger partial charge in [0.05, 0.1) is 4.34 Å². The molecule has 15 heavy (non-hydrogen) atoms. The van der Waals surface area contributed by atoms with Gasteiger partial charge in [-0.3, -0.25) is 0 Å². The molecule has 0 amide bonds. The summed E-state index contributed by atoms with van der Waals surface area (Å²) >= 11 is 9.04. The first-order valence-corrected chi connectivity index (χ1v) is 6.59. The first-order chi connectivity index (χ1) is 7.08. The zero-order valence-corrected chi connectivity index (χ0v) is 10.8. The van der Waals surface area contributed by atoms with Gasteiger partial charge < -0.3 is 5.11 Å².